The lowest BCUT2D eigenvalue weighted by Crippen LogP contribution is -2.45. The first kappa shape index (κ1) is 28.9. The van der Waals surface area contributed by atoms with Gasteiger partial charge in [0.1, 0.15) is 35.2 Å². The molecule has 4 aromatic carbocycles. The Kier molecular flexibility index (Phi) is 6.45. The van der Waals surface area contributed by atoms with Crippen molar-refractivity contribution in [3.63, 3.8) is 0 Å². The largest absolute Gasteiger partial charge is 0.455 e. The van der Waals surface area contributed by atoms with E-state index < -0.39 is 40.4 Å². The summed E-state index contributed by atoms with van der Waals surface area (Å²) in [6.07, 6.45) is 3.26. The summed E-state index contributed by atoms with van der Waals surface area (Å²) in [5.74, 6) is 0.658. The molecular weight excluding hydrogens is 635 g/mol. The number of hydrogen-bond acceptors (Lipinski definition) is 8. The summed E-state index contributed by atoms with van der Waals surface area (Å²) in [6, 6.07) is 12.5. The Morgan fingerprint density at radius 2 is 1.48 bits per heavy atom. The van der Waals surface area contributed by atoms with Gasteiger partial charge >= 0.3 is 10.4 Å². The molecule has 0 atom stereocenters. The molecule has 3 N–H and O–H groups in total. The smallest absolute Gasteiger partial charge is 0.446 e. The van der Waals surface area contributed by atoms with E-state index in [1.54, 1.807) is 18.2 Å². The third-order valence-electron chi connectivity index (χ3n) is 8.16. The van der Waals surface area contributed by atoms with Gasteiger partial charge in [-0.1, -0.05) is 12.1 Å². The van der Waals surface area contributed by atoms with E-state index in [0.29, 0.717) is 51.1 Å². The molecule has 7 rings (SSSR count). The average molecular weight is 659 g/mol. The zero-order valence-electron chi connectivity index (χ0n) is 22.7. The van der Waals surface area contributed by atoms with Gasteiger partial charge in [-0.2, -0.15) is 25.3 Å². The molecule has 0 amide bonds. The fraction of sp³-hybridized carbons (Fsp3) is 0.207. The highest BCUT2D eigenvalue weighted by Gasteiger charge is 2.33. The molecule has 0 bridgehead atoms. The third kappa shape index (κ3) is 4.85. The molecule has 12 nitrogen and oxygen atoms in total. The van der Waals surface area contributed by atoms with Crippen LogP contribution in [0.25, 0.3) is 16.3 Å². The number of rotatable bonds is 5. The van der Waals surface area contributed by atoms with Crippen LogP contribution in [0.2, 0.25) is 0 Å². The Morgan fingerprint density at radius 3 is 2.18 bits per heavy atom. The van der Waals surface area contributed by atoms with Crippen LogP contribution in [0.5, 0.6) is 17.2 Å². The molecular formula is C29H24NO11S3+. The number of fused-ring (bicyclic) bond motifs is 5. The van der Waals surface area contributed by atoms with E-state index >= 15 is 0 Å². The Hall–Kier alpha value is -3.86. The quantitative estimate of drug-likeness (QED) is 0.186. The molecule has 3 aliphatic heterocycles. The molecule has 0 aromatic heterocycles. The fourth-order valence-electron chi connectivity index (χ4n) is 6.51. The number of aryl methyl sites for hydroxylation is 1. The van der Waals surface area contributed by atoms with E-state index in [1.807, 2.05) is 6.07 Å². The van der Waals surface area contributed by atoms with Crippen molar-refractivity contribution in [2.24, 2.45) is 0 Å². The average Bonchev–Trinajstić information content (AvgIpc) is 2.94. The van der Waals surface area contributed by atoms with Crippen molar-refractivity contribution in [3.05, 3.63) is 87.4 Å². The Labute approximate surface area is 252 Å². The molecule has 0 unspecified atom stereocenters. The summed E-state index contributed by atoms with van der Waals surface area (Å²) in [6.45, 7) is 1.77. The van der Waals surface area contributed by atoms with Crippen LogP contribution in [-0.4, -0.2) is 52.0 Å². The number of ether oxygens (including phenoxy) is 1. The Morgan fingerprint density at radius 1 is 0.750 bits per heavy atom. The van der Waals surface area contributed by atoms with Crippen LogP contribution in [0, 0.1) is 0 Å². The molecule has 0 fully saturated rings. The lowest BCUT2D eigenvalue weighted by atomic mass is 9.86. The van der Waals surface area contributed by atoms with Crippen molar-refractivity contribution in [2.45, 2.75) is 35.5 Å². The van der Waals surface area contributed by atoms with Crippen molar-refractivity contribution in [1.29, 1.82) is 0 Å². The first-order chi connectivity index (χ1) is 20.7. The highest BCUT2D eigenvalue weighted by molar-refractivity contribution is 7.86. The van der Waals surface area contributed by atoms with Crippen LogP contribution in [-0.2, 0) is 43.5 Å². The van der Waals surface area contributed by atoms with Gasteiger partial charge in [0.2, 0.25) is 5.36 Å². The van der Waals surface area contributed by atoms with Crippen LogP contribution in [0.1, 0.15) is 35.1 Å². The van der Waals surface area contributed by atoms with Crippen LogP contribution in [0.15, 0.2) is 64.4 Å². The minimum atomic E-state index is -5.01. The summed E-state index contributed by atoms with van der Waals surface area (Å²) in [4.78, 5) is -1.42. The molecule has 15 heteroatoms. The predicted octanol–water partition coefficient (Wildman–Crippen LogP) is 2.25. The van der Waals surface area contributed by atoms with Gasteiger partial charge in [-0.3, -0.25) is 13.7 Å². The first-order valence-corrected chi connectivity index (χ1v) is 17.8. The van der Waals surface area contributed by atoms with Crippen LogP contribution >= 0.6 is 0 Å². The topological polar surface area (TPSA) is 185 Å². The SMILES string of the molecule is O=S(=O)(O)Oc1ccc2c3c(ccc2c1)C(c1ccc(S(=O)(=O)O)cc1S(=O)(=O)O)=c1cc2c4c(c1O3)CCC[N+]=4CCC2. The fourth-order valence-corrected chi connectivity index (χ4v) is 8.17. The Balaban J connectivity index is 1.62. The standard InChI is InChI=1S/C29H23NO11S3/c31-42(32,33)19-7-10-21(25(15-19)43(34,35)36)26-22-8-5-16-13-18(41-44(37,38)39)6-9-20(16)28(22)40-29-23-4-2-12-30-11-1-3-17(27(23)30)14-24(26)29/h5-10,13-15H,1-4,11-12H2,(H2-,31,32,33,34,35,36,37,38,39)/p+1. The van der Waals surface area contributed by atoms with E-state index in [2.05, 4.69) is 8.76 Å². The van der Waals surface area contributed by atoms with E-state index in [4.69, 9.17) is 9.29 Å². The molecule has 4 aromatic rings. The molecule has 3 aliphatic rings. The molecule has 228 valence electrons. The van der Waals surface area contributed by atoms with Crippen LogP contribution < -0.4 is 24.1 Å². The van der Waals surface area contributed by atoms with Gasteiger partial charge in [-0.25, -0.2) is 4.58 Å². The van der Waals surface area contributed by atoms with Gasteiger partial charge in [-0.15, -0.1) is 0 Å². The highest BCUT2D eigenvalue weighted by atomic mass is 32.3. The summed E-state index contributed by atoms with van der Waals surface area (Å²) in [5.41, 5.74) is 2.78. The first-order valence-electron chi connectivity index (χ1n) is 13.5. The third-order valence-corrected chi connectivity index (χ3v) is 10.3. The van der Waals surface area contributed by atoms with E-state index in [1.165, 1.54) is 18.2 Å². The van der Waals surface area contributed by atoms with Crippen molar-refractivity contribution in [3.8, 4) is 17.2 Å². The maximum Gasteiger partial charge on any atom is 0.446 e. The van der Waals surface area contributed by atoms with Crippen LogP contribution in [0.4, 0.5) is 0 Å². The predicted molar refractivity (Wildman–Crippen MR) is 157 cm³/mol. The van der Waals surface area contributed by atoms with Gasteiger partial charge in [0, 0.05) is 45.7 Å². The number of nitrogens with zero attached hydrogens (tertiary/aromatic N) is 1. The van der Waals surface area contributed by atoms with E-state index in [9.17, 15) is 34.4 Å². The van der Waals surface area contributed by atoms with Gasteiger partial charge in [0.25, 0.3) is 20.2 Å². The molecule has 3 heterocycles. The maximum absolute atomic E-state index is 12.7. The lowest BCUT2D eigenvalue weighted by Gasteiger charge is -2.27. The zero-order valence-corrected chi connectivity index (χ0v) is 25.2. The van der Waals surface area contributed by atoms with Crippen molar-refractivity contribution in [2.75, 3.05) is 13.1 Å². The van der Waals surface area contributed by atoms with Crippen molar-refractivity contribution >= 4 is 47.0 Å². The highest BCUT2D eigenvalue weighted by Crippen LogP contribution is 2.44. The molecule has 0 aliphatic carbocycles. The van der Waals surface area contributed by atoms with Crippen molar-refractivity contribution < 1.29 is 47.8 Å². The minimum Gasteiger partial charge on any atom is -0.455 e. The van der Waals surface area contributed by atoms with Crippen molar-refractivity contribution in [1.82, 2.24) is 4.58 Å². The normalized spacial score (nSPS) is 16.2. The second kappa shape index (κ2) is 9.82. The molecule has 0 saturated heterocycles. The molecule has 44 heavy (non-hydrogen) atoms. The van der Waals surface area contributed by atoms with Gasteiger partial charge in [-0.05, 0) is 60.7 Å². The number of hydrogen-bond donors (Lipinski definition) is 3. The van der Waals surface area contributed by atoms with Gasteiger partial charge in [0.15, 0.2) is 0 Å². The maximum atomic E-state index is 12.7. The summed E-state index contributed by atoms with van der Waals surface area (Å²) in [5, 5.41) is 2.63. The van der Waals surface area contributed by atoms with E-state index in [-0.39, 0.29) is 11.3 Å². The number of benzene rings is 4. The molecule has 0 saturated carbocycles. The van der Waals surface area contributed by atoms with E-state index in [0.717, 1.165) is 54.9 Å². The zero-order chi connectivity index (χ0) is 31.2. The lowest BCUT2D eigenvalue weighted by molar-refractivity contribution is 0.387. The summed E-state index contributed by atoms with van der Waals surface area (Å²) in [7, 11) is -14.6. The molecule has 0 spiro atoms. The second-order valence-corrected chi connectivity index (χ2v) is 14.7. The second-order valence-electron chi connectivity index (χ2n) is 10.9. The monoisotopic (exact) mass is 658 g/mol. The molecule has 0 radical (unpaired) electrons. The summed E-state index contributed by atoms with van der Waals surface area (Å²) >= 11 is 0. The van der Waals surface area contributed by atoms with Crippen LogP contribution in [0.3, 0.4) is 0 Å². The van der Waals surface area contributed by atoms with Gasteiger partial charge in [0.05, 0.1) is 10.5 Å². The summed E-state index contributed by atoms with van der Waals surface area (Å²) < 4.78 is 115. The van der Waals surface area contributed by atoms with Gasteiger partial charge < -0.3 is 8.92 Å². The minimum absolute atomic E-state index is 0.00741. The Bertz CT molecular complexity index is 2410.